The van der Waals surface area contributed by atoms with Gasteiger partial charge in [0.1, 0.15) is 11.4 Å². The van der Waals surface area contributed by atoms with Crippen molar-refractivity contribution < 1.29 is 22.9 Å². The molecule has 0 atom stereocenters. The molecule has 0 saturated heterocycles. The number of H-pyrrole nitrogens is 1. The summed E-state index contributed by atoms with van der Waals surface area (Å²) in [5.41, 5.74) is 1.86. The van der Waals surface area contributed by atoms with Gasteiger partial charge in [0.25, 0.3) is 5.91 Å². The molecule has 0 spiro atoms. The van der Waals surface area contributed by atoms with E-state index in [9.17, 15) is 13.2 Å². The van der Waals surface area contributed by atoms with Gasteiger partial charge in [-0.05, 0) is 35.9 Å². The lowest BCUT2D eigenvalue weighted by Gasteiger charge is -2.09. The van der Waals surface area contributed by atoms with Crippen LogP contribution in [-0.2, 0) is 16.6 Å². The highest BCUT2D eigenvalue weighted by Crippen LogP contribution is 2.17. The molecule has 0 saturated carbocycles. The number of benzene rings is 2. The molecule has 0 fully saturated rings. The number of rotatable bonds is 7. The fourth-order valence-electron chi connectivity index (χ4n) is 2.48. The van der Waals surface area contributed by atoms with E-state index in [0.29, 0.717) is 17.0 Å². The Labute approximate surface area is 163 Å². The van der Waals surface area contributed by atoms with Crippen molar-refractivity contribution in [3.05, 3.63) is 84.2 Å². The molecule has 0 aliphatic rings. The van der Waals surface area contributed by atoms with Gasteiger partial charge in [-0.15, -0.1) is 0 Å². The Bertz CT molecular complexity index is 1050. The maximum absolute atomic E-state index is 12.4. The molecule has 1 heterocycles. The Hall–Kier alpha value is -3.23. The van der Waals surface area contributed by atoms with Gasteiger partial charge in [0.05, 0.1) is 12.0 Å². The molecule has 3 rings (SSSR count). The standard InChI is InChI=1S/C20H19N3O4S/c1-27-18-5-2-6-19(12-18)28(25,26)22-13-15-7-9-16(10-8-15)20(24)23-17-4-3-11-21-14-17/h2-12,14,22H,13H2,1H3,(H,23,24)/p+1. The van der Waals surface area contributed by atoms with Gasteiger partial charge in [0, 0.05) is 24.2 Å². The largest absolute Gasteiger partial charge is 0.497 e. The lowest BCUT2D eigenvalue weighted by Crippen LogP contribution is -2.23. The quantitative estimate of drug-likeness (QED) is 0.638. The van der Waals surface area contributed by atoms with Gasteiger partial charge in [-0.3, -0.25) is 4.79 Å². The highest BCUT2D eigenvalue weighted by atomic mass is 32.2. The number of carbonyl (C=O) groups is 1. The van der Waals surface area contributed by atoms with Crippen LogP contribution in [0.3, 0.4) is 0 Å². The second-order valence-corrected chi connectivity index (χ2v) is 7.71. The molecule has 0 aliphatic carbocycles. The number of nitrogens with one attached hydrogen (secondary N) is 3. The normalized spacial score (nSPS) is 11.0. The van der Waals surface area contributed by atoms with Crippen molar-refractivity contribution in [3.8, 4) is 5.75 Å². The van der Waals surface area contributed by atoms with Crippen molar-refractivity contribution >= 4 is 21.6 Å². The average Bonchev–Trinajstić information content (AvgIpc) is 2.73. The van der Waals surface area contributed by atoms with Gasteiger partial charge in [0.2, 0.25) is 10.0 Å². The minimum Gasteiger partial charge on any atom is -0.497 e. The molecule has 0 unspecified atom stereocenters. The predicted molar refractivity (Wildman–Crippen MR) is 104 cm³/mol. The van der Waals surface area contributed by atoms with E-state index in [1.54, 1.807) is 60.9 Å². The van der Waals surface area contributed by atoms with Crippen molar-refractivity contribution in [1.29, 1.82) is 0 Å². The first-order valence-corrected chi connectivity index (χ1v) is 9.96. The number of carbonyl (C=O) groups excluding carboxylic acids is 1. The zero-order valence-corrected chi connectivity index (χ0v) is 16.0. The number of aromatic amines is 1. The van der Waals surface area contributed by atoms with Crippen molar-refractivity contribution in [2.45, 2.75) is 11.4 Å². The van der Waals surface area contributed by atoms with Crippen LogP contribution in [-0.4, -0.2) is 21.4 Å². The van der Waals surface area contributed by atoms with Crippen LogP contribution in [0.1, 0.15) is 15.9 Å². The minimum atomic E-state index is -3.67. The van der Waals surface area contributed by atoms with Crippen LogP contribution in [0.4, 0.5) is 5.69 Å². The summed E-state index contributed by atoms with van der Waals surface area (Å²) in [6.07, 6.45) is 3.43. The van der Waals surface area contributed by atoms with E-state index in [-0.39, 0.29) is 17.3 Å². The van der Waals surface area contributed by atoms with E-state index >= 15 is 0 Å². The molecule has 0 radical (unpaired) electrons. The fraction of sp³-hybridized carbons (Fsp3) is 0.100. The first kappa shape index (κ1) is 19.5. The van der Waals surface area contributed by atoms with Crippen LogP contribution in [0.5, 0.6) is 5.75 Å². The summed E-state index contributed by atoms with van der Waals surface area (Å²) in [6.45, 7) is 0.106. The van der Waals surface area contributed by atoms with Crippen molar-refractivity contribution in [2.24, 2.45) is 0 Å². The monoisotopic (exact) mass is 398 g/mol. The highest BCUT2D eigenvalue weighted by Gasteiger charge is 2.14. The van der Waals surface area contributed by atoms with Crippen LogP contribution in [0.15, 0.2) is 78.0 Å². The highest BCUT2D eigenvalue weighted by molar-refractivity contribution is 7.89. The van der Waals surface area contributed by atoms with Gasteiger partial charge in [-0.1, -0.05) is 18.2 Å². The predicted octanol–water partition coefficient (Wildman–Crippen LogP) is 2.24. The summed E-state index contributed by atoms with van der Waals surface area (Å²) < 4.78 is 32.4. The van der Waals surface area contributed by atoms with Gasteiger partial charge >= 0.3 is 0 Å². The number of anilines is 1. The Balaban J connectivity index is 1.63. The fourth-order valence-corrected chi connectivity index (χ4v) is 3.53. The molecule has 8 heteroatoms. The maximum atomic E-state index is 12.4. The third-order valence-electron chi connectivity index (χ3n) is 4.00. The summed E-state index contributed by atoms with van der Waals surface area (Å²) in [5, 5.41) is 2.77. The van der Waals surface area contributed by atoms with Crippen LogP contribution in [0.2, 0.25) is 0 Å². The van der Waals surface area contributed by atoms with E-state index in [1.807, 2.05) is 0 Å². The van der Waals surface area contributed by atoms with E-state index in [1.165, 1.54) is 19.2 Å². The Kier molecular flexibility index (Phi) is 6.03. The van der Waals surface area contributed by atoms with Gasteiger partial charge in [-0.2, -0.15) is 0 Å². The van der Waals surface area contributed by atoms with E-state index < -0.39 is 10.0 Å². The number of sulfonamides is 1. The Morgan fingerprint density at radius 3 is 2.54 bits per heavy atom. The molecule has 2 aromatic carbocycles. The zero-order chi connectivity index (χ0) is 20.0. The van der Waals surface area contributed by atoms with Gasteiger partial charge in [-0.25, -0.2) is 18.1 Å². The lowest BCUT2D eigenvalue weighted by atomic mass is 10.1. The number of amides is 1. The molecule has 1 amide bonds. The van der Waals surface area contributed by atoms with Crippen LogP contribution in [0, 0.1) is 0 Å². The second-order valence-electron chi connectivity index (χ2n) is 5.95. The van der Waals surface area contributed by atoms with Crippen molar-refractivity contribution in [1.82, 2.24) is 4.72 Å². The van der Waals surface area contributed by atoms with E-state index in [4.69, 9.17) is 4.74 Å². The summed E-state index contributed by atoms with van der Waals surface area (Å²) in [7, 11) is -2.19. The second kappa shape index (κ2) is 8.64. The zero-order valence-electron chi connectivity index (χ0n) is 15.2. The molecule has 28 heavy (non-hydrogen) atoms. The number of ether oxygens (including phenoxy) is 1. The number of pyridine rings is 1. The lowest BCUT2D eigenvalue weighted by molar-refractivity contribution is -0.377. The first-order valence-electron chi connectivity index (χ1n) is 8.48. The van der Waals surface area contributed by atoms with Crippen LogP contribution < -0.4 is 19.8 Å². The number of hydrogen-bond donors (Lipinski definition) is 2. The molecule has 0 aliphatic heterocycles. The minimum absolute atomic E-state index is 0.106. The Morgan fingerprint density at radius 2 is 1.86 bits per heavy atom. The molecule has 0 bridgehead atoms. The first-order chi connectivity index (χ1) is 13.5. The summed E-state index contributed by atoms with van der Waals surface area (Å²) in [4.78, 5) is 15.3. The SMILES string of the molecule is COc1cccc(S(=O)(=O)NCc2ccc(C(=O)Nc3ccc[nH+]c3)cc2)c1. The number of aromatic nitrogens is 1. The molecule has 1 aromatic heterocycles. The molecular weight excluding hydrogens is 378 g/mol. The third-order valence-corrected chi connectivity index (χ3v) is 5.40. The van der Waals surface area contributed by atoms with Crippen LogP contribution in [0.25, 0.3) is 0 Å². The van der Waals surface area contributed by atoms with Crippen LogP contribution >= 0.6 is 0 Å². The van der Waals surface area contributed by atoms with E-state index in [0.717, 1.165) is 5.56 Å². The average molecular weight is 398 g/mol. The summed E-state index contributed by atoms with van der Waals surface area (Å²) >= 11 is 0. The number of hydrogen-bond acceptors (Lipinski definition) is 4. The topological polar surface area (TPSA) is 98.6 Å². The molecule has 144 valence electrons. The summed E-state index contributed by atoms with van der Waals surface area (Å²) in [5.74, 6) is 0.220. The maximum Gasteiger partial charge on any atom is 0.255 e. The van der Waals surface area contributed by atoms with Crippen molar-refractivity contribution in [2.75, 3.05) is 12.4 Å². The molecule has 3 N–H and O–H groups in total. The molecule has 7 nitrogen and oxygen atoms in total. The molecule has 3 aromatic rings. The van der Waals surface area contributed by atoms with Gasteiger partial charge in [0.15, 0.2) is 12.4 Å². The molecular formula is C20H20N3O4S+. The smallest absolute Gasteiger partial charge is 0.255 e. The van der Waals surface area contributed by atoms with E-state index in [2.05, 4.69) is 15.0 Å². The Morgan fingerprint density at radius 1 is 1.07 bits per heavy atom. The van der Waals surface area contributed by atoms with Gasteiger partial charge < -0.3 is 10.1 Å². The number of methoxy groups -OCH3 is 1. The third kappa shape index (κ3) is 4.93. The van der Waals surface area contributed by atoms with Crippen molar-refractivity contribution in [3.63, 3.8) is 0 Å². The summed E-state index contributed by atoms with van der Waals surface area (Å²) in [6, 6.07) is 16.5.